The van der Waals surface area contributed by atoms with Crippen LogP contribution in [0, 0.1) is 0 Å². The highest BCUT2D eigenvalue weighted by atomic mass is 16.5. The summed E-state index contributed by atoms with van der Waals surface area (Å²) in [5.74, 6) is -0.504. The summed E-state index contributed by atoms with van der Waals surface area (Å²) < 4.78 is 4.81. The lowest BCUT2D eigenvalue weighted by Gasteiger charge is -2.20. The van der Waals surface area contributed by atoms with Crippen molar-refractivity contribution in [1.29, 1.82) is 0 Å². The zero-order chi connectivity index (χ0) is 25.5. The maximum Gasteiger partial charge on any atom is 0.337 e. The van der Waals surface area contributed by atoms with E-state index < -0.39 is 5.97 Å². The number of esters is 1. The number of hydrogen-bond acceptors (Lipinski definition) is 7. The highest BCUT2D eigenvalue weighted by Crippen LogP contribution is 2.32. The zero-order valence-electron chi connectivity index (χ0n) is 20.0. The molecule has 4 N–H and O–H groups in total. The number of aromatic amines is 1. The molecule has 1 aromatic heterocycles. The van der Waals surface area contributed by atoms with Crippen LogP contribution in [0.2, 0.25) is 0 Å². The molecule has 0 spiro atoms. The van der Waals surface area contributed by atoms with Gasteiger partial charge < -0.3 is 25.0 Å². The predicted molar refractivity (Wildman–Crippen MR) is 139 cm³/mol. The van der Waals surface area contributed by atoms with Crippen molar-refractivity contribution in [3.63, 3.8) is 0 Å². The lowest BCUT2D eigenvalue weighted by molar-refractivity contribution is 0.0601. The number of aliphatic hydroxyl groups excluding tert-OH is 2. The molecule has 8 nitrogen and oxygen atoms in total. The van der Waals surface area contributed by atoms with Crippen molar-refractivity contribution in [2.45, 2.75) is 6.54 Å². The van der Waals surface area contributed by atoms with Gasteiger partial charge in [-0.2, -0.15) is 0 Å². The highest BCUT2D eigenvalue weighted by Gasteiger charge is 2.20. The average Bonchev–Trinajstić information content (AvgIpc) is 3.23. The number of aromatic nitrogens is 1. The van der Waals surface area contributed by atoms with Gasteiger partial charge in [0.1, 0.15) is 0 Å². The third-order valence-corrected chi connectivity index (χ3v) is 5.90. The van der Waals surface area contributed by atoms with Crippen molar-refractivity contribution in [2.75, 3.05) is 33.4 Å². The monoisotopic (exact) mass is 487 g/mol. The van der Waals surface area contributed by atoms with E-state index >= 15 is 0 Å². The topological polar surface area (TPSA) is 118 Å². The maximum absolute atomic E-state index is 12.0. The van der Waals surface area contributed by atoms with Crippen molar-refractivity contribution < 1.29 is 24.9 Å². The Balaban J connectivity index is 1.74. The fraction of sp³-hybridized carbons (Fsp3) is 0.214. The number of rotatable bonds is 10. The molecule has 8 heteroatoms. The van der Waals surface area contributed by atoms with Crippen LogP contribution in [0.25, 0.3) is 10.9 Å². The Hall–Kier alpha value is -3.98. The van der Waals surface area contributed by atoms with Crippen LogP contribution in [0.4, 0.5) is 5.69 Å². The number of nitrogens with zero attached hydrogens (tertiary/aromatic N) is 2. The Morgan fingerprint density at radius 2 is 1.64 bits per heavy atom. The minimum absolute atomic E-state index is 0.0258. The number of ether oxygens (including phenoxy) is 1. The van der Waals surface area contributed by atoms with Gasteiger partial charge in [-0.3, -0.25) is 4.90 Å². The van der Waals surface area contributed by atoms with Crippen LogP contribution in [0.3, 0.4) is 0 Å². The number of carbonyl (C=O) groups is 1. The number of aliphatic hydroxyl groups is 2. The Labute approximate surface area is 209 Å². The molecule has 0 aliphatic carbocycles. The lowest BCUT2D eigenvalue weighted by Crippen LogP contribution is -2.29. The van der Waals surface area contributed by atoms with E-state index in [1.807, 2.05) is 59.5 Å². The van der Waals surface area contributed by atoms with E-state index in [2.05, 4.69) is 4.98 Å². The van der Waals surface area contributed by atoms with Gasteiger partial charge in [-0.05, 0) is 29.8 Å². The largest absolute Gasteiger partial charge is 0.494 e. The molecule has 0 unspecified atom stereocenters. The first-order valence-corrected chi connectivity index (χ1v) is 11.6. The Morgan fingerprint density at radius 1 is 0.944 bits per heavy atom. The van der Waals surface area contributed by atoms with Crippen molar-refractivity contribution in [3.8, 4) is 5.88 Å². The van der Waals surface area contributed by atoms with Crippen molar-refractivity contribution in [2.24, 2.45) is 4.99 Å². The number of H-pyrrole nitrogens is 1. The summed E-state index contributed by atoms with van der Waals surface area (Å²) in [6.07, 6.45) is 0. The third-order valence-electron chi connectivity index (χ3n) is 5.90. The second-order valence-electron chi connectivity index (χ2n) is 8.32. The van der Waals surface area contributed by atoms with Gasteiger partial charge in [0.25, 0.3) is 0 Å². The Bertz CT molecular complexity index is 1340. The van der Waals surface area contributed by atoms with E-state index in [4.69, 9.17) is 9.73 Å². The van der Waals surface area contributed by atoms with E-state index in [1.165, 1.54) is 7.11 Å². The molecule has 0 amide bonds. The summed E-state index contributed by atoms with van der Waals surface area (Å²) in [5.41, 5.74) is 4.65. The van der Waals surface area contributed by atoms with Crippen molar-refractivity contribution >= 4 is 28.3 Å². The smallest absolute Gasteiger partial charge is 0.337 e. The van der Waals surface area contributed by atoms with Gasteiger partial charge in [0.05, 0.1) is 42.8 Å². The van der Waals surface area contributed by atoms with E-state index in [0.29, 0.717) is 47.7 Å². The van der Waals surface area contributed by atoms with Crippen molar-refractivity contribution in [1.82, 2.24) is 9.88 Å². The van der Waals surface area contributed by atoms with Crippen LogP contribution < -0.4 is 0 Å². The van der Waals surface area contributed by atoms with Crippen LogP contribution in [0.1, 0.15) is 27.0 Å². The zero-order valence-corrected chi connectivity index (χ0v) is 20.0. The number of nitrogens with one attached hydrogen (secondary N) is 1. The number of aliphatic imine (C=N–C) groups is 1. The molecular formula is C28H29N3O5. The molecule has 0 bridgehead atoms. The Kier molecular flexibility index (Phi) is 8.12. The second-order valence-corrected chi connectivity index (χ2v) is 8.32. The summed E-state index contributed by atoms with van der Waals surface area (Å²) >= 11 is 0. The van der Waals surface area contributed by atoms with Crippen LogP contribution in [-0.2, 0) is 11.3 Å². The second kappa shape index (κ2) is 11.6. The standard InChI is InChI=1S/C28H29N3O5/c1-36-28(35)21-9-12-23-24(17-21)30-27(34)25(23)26(20-5-3-2-4-6-20)29-22-10-7-19(8-11-22)18-31(13-15-32)14-16-33/h2-12,17,30,32-34H,13-16,18H2,1H3. The van der Waals surface area contributed by atoms with E-state index in [0.717, 1.165) is 16.5 Å². The van der Waals surface area contributed by atoms with Crippen LogP contribution >= 0.6 is 0 Å². The fourth-order valence-corrected chi connectivity index (χ4v) is 4.14. The minimum atomic E-state index is -0.457. The molecule has 0 aliphatic rings. The van der Waals surface area contributed by atoms with Gasteiger partial charge >= 0.3 is 5.97 Å². The van der Waals surface area contributed by atoms with Crippen LogP contribution in [0.5, 0.6) is 5.88 Å². The minimum Gasteiger partial charge on any atom is -0.494 e. The Morgan fingerprint density at radius 3 is 2.28 bits per heavy atom. The van der Waals surface area contributed by atoms with Crippen molar-refractivity contribution in [3.05, 3.63) is 95.1 Å². The number of carbonyl (C=O) groups excluding carboxylic acids is 1. The van der Waals surface area contributed by atoms with Gasteiger partial charge in [0, 0.05) is 36.1 Å². The molecule has 186 valence electrons. The van der Waals surface area contributed by atoms with Gasteiger partial charge in [0.15, 0.2) is 5.88 Å². The van der Waals surface area contributed by atoms with Gasteiger partial charge in [-0.15, -0.1) is 0 Å². The van der Waals surface area contributed by atoms with Gasteiger partial charge in [0.2, 0.25) is 0 Å². The molecule has 0 radical (unpaired) electrons. The van der Waals surface area contributed by atoms with Crippen LogP contribution in [0.15, 0.2) is 77.8 Å². The summed E-state index contributed by atoms with van der Waals surface area (Å²) in [7, 11) is 1.33. The number of fused-ring (bicyclic) bond motifs is 1. The van der Waals surface area contributed by atoms with Gasteiger partial charge in [-0.25, -0.2) is 9.79 Å². The number of methoxy groups -OCH3 is 1. The molecular weight excluding hydrogens is 458 g/mol. The molecule has 0 saturated carbocycles. The molecule has 3 aromatic carbocycles. The summed E-state index contributed by atoms with van der Waals surface area (Å²) in [6, 6.07) is 22.4. The van der Waals surface area contributed by atoms with Gasteiger partial charge in [-0.1, -0.05) is 48.5 Å². The lowest BCUT2D eigenvalue weighted by atomic mass is 10.00. The number of aromatic hydroxyl groups is 1. The first-order valence-electron chi connectivity index (χ1n) is 11.6. The third kappa shape index (κ3) is 5.63. The molecule has 1 heterocycles. The average molecular weight is 488 g/mol. The SMILES string of the molecule is COC(=O)c1ccc2c(C(=Nc3ccc(CN(CCO)CCO)cc3)c3ccccc3)c(O)[nH]c2c1. The number of hydrogen-bond donors (Lipinski definition) is 4. The molecule has 0 saturated heterocycles. The molecule has 36 heavy (non-hydrogen) atoms. The molecule has 0 atom stereocenters. The number of benzene rings is 3. The summed E-state index contributed by atoms with van der Waals surface area (Å²) in [6.45, 7) is 1.62. The summed E-state index contributed by atoms with van der Waals surface area (Å²) in [5, 5.41) is 30.1. The van der Waals surface area contributed by atoms with E-state index in [1.54, 1.807) is 18.2 Å². The molecule has 0 aliphatic heterocycles. The molecule has 0 fully saturated rings. The quantitative estimate of drug-likeness (QED) is 0.200. The fourth-order valence-electron chi connectivity index (χ4n) is 4.14. The normalized spacial score (nSPS) is 11.8. The van der Waals surface area contributed by atoms with E-state index in [9.17, 15) is 20.1 Å². The molecule has 4 rings (SSSR count). The highest BCUT2D eigenvalue weighted by molar-refractivity contribution is 6.22. The van der Waals surface area contributed by atoms with Crippen LogP contribution in [-0.4, -0.2) is 70.3 Å². The van der Waals surface area contributed by atoms with E-state index in [-0.39, 0.29) is 19.1 Å². The predicted octanol–water partition coefficient (Wildman–Crippen LogP) is 3.62. The first-order chi connectivity index (χ1) is 17.5. The maximum atomic E-state index is 12.0. The first kappa shape index (κ1) is 25.1. The molecule has 4 aromatic rings. The summed E-state index contributed by atoms with van der Waals surface area (Å²) in [4.78, 5) is 21.8.